The van der Waals surface area contributed by atoms with Gasteiger partial charge in [-0.05, 0) is 48.6 Å². The summed E-state index contributed by atoms with van der Waals surface area (Å²) in [4.78, 5) is 39.7. The molecule has 7 nitrogen and oxygen atoms in total. The van der Waals surface area contributed by atoms with Gasteiger partial charge in [0.1, 0.15) is 12.3 Å². The Morgan fingerprint density at radius 2 is 2.11 bits per heavy atom. The number of hydrogen-bond acceptors (Lipinski definition) is 6. The molecule has 8 heteroatoms. The third-order valence-electron chi connectivity index (χ3n) is 4.50. The third-order valence-corrected chi connectivity index (χ3v) is 5.52. The highest BCUT2D eigenvalue weighted by Gasteiger charge is 2.27. The Hall–Kier alpha value is -2.87. The van der Waals surface area contributed by atoms with Crippen molar-refractivity contribution in [3.05, 3.63) is 51.7 Å². The van der Waals surface area contributed by atoms with Gasteiger partial charge in [-0.3, -0.25) is 14.4 Å². The summed E-state index contributed by atoms with van der Waals surface area (Å²) < 4.78 is 10.3. The molecule has 1 aromatic carbocycles. The number of hydrogen-bond donors (Lipinski definition) is 1. The van der Waals surface area contributed by atoms with Crippen LogP contribution in [0.25, 0.3) is 0 Å². The summed E-state index contributed by atoms with van der Waals surface area (Å²) in [5, 5.41) is 4.51. The Morgan fingerprint density at radius 3 is 2.89 bits per heavy atom. The monoisotopic (exact) mass is 402 g/mol. The molecule has 1 N–H and O–H groups in total. The van der Waals surface area contributed by atoms with E-state index < -0.39 is 18.0 Å². The molecule has 2 aromatic rings. The second-order valence-corrected chi connectivity index (χ2v) is 7.43. The number of nitrogens with zero attached hydrogens (tertiary/aromatic N) is 1. The van der Waals surface area contributed by atoms with E-state index in [0.29, 0.717) is 24.4 Å². The van der Waals surface area contributed by atoms with Crippen LogP contribution in [0, 0.1) is 0 Å². The maximum absolute atomic E-state index is 12.5. The molecule has 2 heterocycles. The summed E-state index contributed by atoms with van der Waals surface area (Å²) in [6.07, 6.45) is -0.0860. The molecule has 1 aliphatic rings. The smallest absolute Gasteiger partial charge is 0.326 e. The summed E-state index contributed by atoms with van der Waals surface area (Å²) in [6.45, 7) is 2.38. The van der Waals surface area contributed by atoms with Crippen LogP contribution in [0.1, 0.15) is 27.7 Å². The number of thiophene rings is 1. The van der Waals surface area contributed by atoms with Gasteiger partial charge in [-0.15, -0.1) is 11.3 Å². The van der Waals surface area contributed by atoms with Crippen LogP contribution >= 0.6 is 11.3 Å². The van der Waals surface area contributed by atoms with Crippen molar-refractivity contribution < 1.29 is 23.9 Å². The van der Waals surface area contributed by atoms with Gasteiger partial charge in [0.05, 0.1) is 7.11 Å². The van der Waals surface area contributed by atoms with Crippen molar-refractivity contribution in [2.24, 2.45) is 0 Å². The Kier molecular flexibility index (Phi) is 6.30. The fourth-order valence-corrected chi connectivity index (χ4v) is 3.89. The van der Waals surface area contributed by atoms with E-state index in [1.807, 2.05) is 11.4 Å². The fourth-order valence-electron chi connectivity index (χ4n) is 3.00. The van der Waals surface area contributed by atoms with Gasteiger partial charge >= 0.3 is 5.97 Å². The maximum atomic E-state index is 12.5. The molecule has 0 fully saturated rings. The predicted molar refractivity (Wildman–Crippen MR) is 104 cm³/mol. The largest absolute Gasteiger partial charge is 0.497 e. The third kappa shape index (κ3) is 4.69. The van der Waals surface area contributed by atoms with Gasteiger partial charge in [-0.25, -0.2) is 0 Å². The summed E-state index contributed by atoms with van der Waals surface area (Å²) in [5.74, 6) is -0.768. The van der Waals surface area contributed by atoms with Gasteiger partial charge in [0.15, 0.2) is 6.10 Å². The molecule has 0 radical (unpaired) electrons. The van der Waals surface area contributed by atoms with Crippen LogP contribution in [0.3, 0.4) is 0 Å². The predicted octanol–water partition coefficient (Wildman–Crippen LogP) is 2.00. The molecule has 0 bridgehead atoms. The number of methoxy groups -OCH3 is 1. The van der Waals surface area contributed by atoms with Crippen LogP contribution < -0.4 is 10.1 Å². The summed E-state index contributed by atoms with van der Waals surface area (Å²) in [7, 11) is 1.51. The van der Waals surface area contributed by atoms with Crippen molar-refractivity contribution in [1.29, 1.82) is 0 Å². The van der Waals surface area contributed by atoms with Gasteiger partial charge < -0.3 is 19.7 Å². The lowest BCUT2D eigenvalue weighted by Gasteiger charge is -2.29. The lowest BCUT2D eigenvalue weighted by Crippen LogP contribution is -2.43. The molecule has 1 unspecified atom stereocenters. The van der Waals surface area contributed by atoms with Gasteiger partial charge in [-0.2, -0.15) is 0 Å². The van der Waals surface area contributed by atoms with E-state index in [-0.39, 0.29) is 12.5 Å². The molecule has 1 atom stereocenters. The molecular formula is C20H22N2O5S. The fraction of sp³-hybridized carbons (Fsp3) is 0.350. The van der Waals surface area contributed by atoms with Crippen LogP contribution in [-0.2, 0) is 27.3 Å². The first kappa shape index (κ1) is 19.9. The number of rotatable bonds is 6. The second kappa shape index (κ2) is 8.88. The highest BCUT2D eigenvalue weighted by Crippen LogP contribution is 2.24. The van der Waals surface area contributed by atoms with E-state index in [0.717, 1.165) is 12.0 Å². The van der Waals surface area contributed by atoms with Crippen molar-refractivity contribution in [1.82, 2.24) is 10.2 Å². The minimum absolute atomic E-state index is 0.232. The molecule has 0 saturated heterocycles. The van der Waals surface area contributed by atoms with Crippen molar-refractivity contribution in [3.8, 4) is 5.75 Å². The topological polar surface area (TPSA) is 84.9 Å². The molecule has 148 valence electrons. The minimum atomic E-state index is -0.901. The quantitative estimate of drug-likeness (QED) is 0.747. The Balaban J connectivity index is 1.47. The summed E-state index contributed by atoms with van der Waals surface area (Å²) in [5.41, 5.74) is 1.52. The Labute approximate surface area is 167 Å². The Bertz CT molecular complexity index is 879. The number of nitrogens with one attached hydrogen (secondary N) is 1. The first-order valence-corrected chi connectivity index (χ1v) is 9.81. The van der Waals surface area contributed by atoms with E-state index in [4.69, 9.17) is 9.47 Å². The SMILES string of the molecule is COc1cccc(C(=O)NCC(=O)OC(C)C(=O)N2CCc3sccc3C2)c1. The molecular weight excluding hydrogens is 380 g/mol. The zero-order valence-electron chi connectivity index (χ0n) is 15.8. The lowest BCUT2D eigenvalue weighted by atomic mass is 10.1. The lowest BCUT2D eigenvalue weighted by molar-refractivity contribution is -0.158. The standard InChI is InChI=1S/C20H22N2O5S/c1-13(20(25)22-8-6-17-15(12-22)7-9-28-17)27-18(23)11-21-19(24)14-4-3-5-16(10-14)26-2/h3-5,7,9-10,13H,6,8,11-12H2,1-2H3,(H,21,24). The normalized spacial score (nSPS) is 14.0. The molecule has 0 spiro atoms. The van der Waals surface area contributed by atoms with Crippen molar-refractivity contribution >= 4 is 29.1 Å². The highest BCUT2D eigenvalue weighted by atomic mass is 32.1. The number of esters is 1. The van der Waals surface area contributed by atoms with Gasteiger partial charge in [0.25, 0.3) is 11.8 Å². The number of benzene rings is 1. The molecule has 1 aromatic heterocycles. The summed E-state index contributed by atoms with van der Waals surface area (Å²) >= 11 is 1.70. The van der Waals surface area contributed by atoms with Crippen molar-refractivity contribution in [2.75, 3.05) is 20.2 Å². The van der Waals surface area contributed by atoms with Crippen LogP contribution in [0.15, 0.2) is 35.7 Å². The van der Waals surface area contributed by atoms with Crippen LogP contribution in [-0.4, -0.2) is 49.0 Å². The average molecular weight is 402 g/mol. The zero-order chi connectivity index (χ0) is 20.1. The van der Waals surface area contributed by atoms with Crippen LogP contribution in [0.4, 0.5) is 0 Å². The number of ether oxygens (including phenoxy) is 2. The number of amides is 2. The molecule has 3 rings (SSSR count). The highest BCUT2D eigenvalue weighted by molar-refractivity contribution is 7.10. The van der Waals surface area contributed by atoms with Gasteiger partial charge in [0.2, 0.25) is 0 Å². The van der Waals surface area contributed by atoms with Crippen LogP contribution in [0.5, 0.6) is 5.75 Å². The van der Waals surface area contributed by atoms with E-state index in [2.05, 4.69) is 5.32 Å². The van der Waals surface area contributed by atoms with Crippen molar-refractivity contribution in [3.63, 3.8) is 0 Å². The maximum Gasteiger partial charge on any atom is 0.326 e. The number of carbonyl (C=O) groups excluding carboxylic acids is 3. The first-order chi connectivity index (χ1) is 13.5. The van der Waals surface area contributed by atoms with Crippen molar-refractivity contribution in [2.45, 2.75) is 26.0 Å². The van der Waals surface area contributed by atoms with Gasteiger partial charge in [0, 0.05) is 23.5 Å². The minimum Gasteiger partial charge on any atom is -0.497 e. The number of carbonyl (C=O) groups is 3. The average Bonchev–Trinajstić information content (AvgIpc) is 3.19. The second-order valence-electron chi connectivity index (χ2n) is 6.43. The molecule has 28 heavy (non-hydrogen) atoms. The van der Waals surface area contributed by atoms with Gasteiger partial charge in [-0.1, -0.05) is 6.07 Å². The first-order valence-electron chi connectivity index (χ1n) is 8.93. The van der Waals surface area contributed by atoms with E-state index in [9.17, 15) is 14.4 Å². The molecule has 0 saturated carbocycles. The number of fused-ring (bicyclic) bond motifs is 1. The molecule has 1 aliphatic heterocycles. The van der Waals surface area contributed by atoms with Crippen LogP contribution in [0.2, 0.25) is 0 Å². The Morgan fingerprint density at radius 1 is 1.29 bits per heavy atom. The van der Waals surface area contributed by atoms with E-state index in [1.54, 1.807) is 47.4 Å². The summed E-state index contributed by atoms with van der Waals surface area (Å²) in [6, 6.07) is 8.61. The molecule has 0 aliphatic carbocycles. The molecule has 2 amide bonds. The zero-order valence-corrected chi connectivity index (χ0v) is 16.6. The van der Waals surface area contributed by atoms with E-state index in [1.165, 1.54) is 12.0 Å². The van der Waals surface area contributed by atoms with E-state index >= 15 is 0 Å².